The zero-order valence-corrected chi connectivity index (χ0v) is 19.8. The molecule has 1 spiro atoms. The number of rotatable bonds is 7. The molecule has 1 aliphatic heterocycles. The molecule has 1 N–H and O–H groups in total. The molecule has 1 aliphatic carbocycles. The summed E-state index contributed by atoms with van der Waals surface area (Å²) in [6.07, 6.45) is 2.54. The van der Waals surface area contributed by atoms with Gasteiger partial charge in [0.2, 0.25) is 5.78 Å². The maximum absolute atomic E-state index is 13.0. The number of urea groups is 1. The Kier molecular flexibility index (Phi) is 7.28. The van der Waals surface area contributed by atoms with Gasteiger partial charge >= 0.3 is 18.6 Å². The number of carbonyl (C=O) groups excluding carboxylic acids is 4. The average molecular weight is 481 g/mol. The van der Waals surface area contributed by atoms with Crippen molar-refractivity contribution >= 4 is 23.7 Å². The van der Waals surface area contributed by atoms with Crippen molar-refractivity contribution in [2.75, 3.05) is 13.2 Å². The highest BCUT2D eigenvalue weighted by Crippen LogP contribution is 2.43. The summed E-state index contributed by atoms with van der Waals surface area (Å²) in [6, 6.07) is 3.41. The van der Waals surface area contributed by atoms with Gasteiger partial charge in [0, 0.05) is 0 Å². The fourth-order valence-electron chi connectivity index (χ4n) is 4.59. The topological polar surface area (TPSA) is 102 Å². The molecule has 1 saturated heterocycles. The Bertz CT molecular complexity index is 980. The number of hydrogen-bond acceptors (Lipinski definition) is 6. The number of halogens is 2. The van der Waals surface area contributed by atoms with Crippen molar-refractivity contribution < 1.29 is 37.4 Å². The summed E-state index contributed by atoms with van der Waals surface area (Å²) < 4.78 is 34.5. The molecule has 2 fully saturated rings. The van der Waals surface area contributed by atoms with Crippen LogP contribution in [0.25, 0.3) is 0 Å². The molecule has 1 aromatic rings. The third kappa shape index (κ3) is 5.53. The van der Waals surface area contributed by atoms with Crippen molar-refractivity contribution in [1.82, 2.24) is 10.2 Å². The van der Waals surface area contributed by atoms with Gasteiger partial charge in [-0.05, 0) is 56.1 Å². The predicted octanol–water partition coefficient (Wildman–Crippen LogP) is 3.85. The van der Waals surface area contributed by atoms with E-state index in [9.17, 15) is 28.0 Å². The molecule has 3 rings (SSSR count). The van der Waals surface area contributed by atoms with Crippen molar-refractivity contribution in [3.63, 3.8) is 0 Å². The van der Waals surface area contributed by atoms with E-state index in [1.54, 1.807) is 6.92 Å². The second kappa shape index (κ2) is 9.68. The molecule has 0 atom stereocenters. The molecule has 34 heavy (non-hydrogen) atoms. The van der Waals surface area contributed by atoms with Crippen LogP contribution in [0.1, 0.15) is 62.4 Å². The van der Waals surface area contributed by atoms with Crippen molar-refractivity contribution in [2.24, 2.45) is 11.3 Å². The van der Waals surface area contributed by atoms with Gasteiger partial charge in [-0.3, -0.25) is 19.3 Å². The molecular weight excluding hydrogens is 450 g/mol. The molecule has 1 saturated carbocycles. The zero-order chi connectivity index (χ0) is 25.3. The quantitative estimate of drug-likeness (QED) is 0.361. The lowest BCUT2D eigenvalue weighted by atomic mass is 9.67. The highest BCUT2D eigenvalue weighted by molar-refractivity contribution is 6.09. The first kappa shape index (κ1) is 25.6. The van der Waals surface area contributed by atoms with E-state index >= 15 is 0 Å². The summed E-state index contributed by atoms with van der Waals surface area (Å²) >= 11 is 0. The Morgan fingerprint density at radius 1 is 1.21 bits per heavy atom. The maximum Gasteiger partial charge on any atom is 0.387 e. The van der Waals surface area contributed by atoms with Gasteiger partial charge in [0.1, 0.15) is 17.8 Å². The molecule has 0 unspecified atom stereocenters. The first-order valence-corrected chi connectivity index (χ1v) is 11.2. The van der Waals surface area contributed by atoms with Gasteiger partial charge < -0.3 is 14.8 Å². The molecule has 1 heterocycles. The van der Waals surface area contributed by atoms with E-state index in [1.807, 2.05) is 0 Å². The van der Waals surface area contributed by atoms with Crippen LogP contribution in [-0.2, 0) is 14.3 Å². The molecule has 186 valence electrons. The molecule has 1 aromatic carbocycles. The van der Waals surface area contributed by atoms with Crippen molar-refractivity contribution in [1.29, 1.82) is 0 Å². The molecule has 10 heteroatoms. The van der Waals surface area contributed by atoms with Crippen LogP contribution in [0.3, 0.4) is 0 Å². The van der Waals surface area contributed by atoms with Crippen molar-refractivity contribution in [3.05, 3.63) is 29.3 Å². The summed E-state index contributed by atoms with van der Waals surface area (Å²) in [5.41, 5.74) is -0.446. The number of esters is 1. The number of nitrogens with one attached hydrogen (secondary N) is 1. The van der Waals surface area contributed by atoms with E-state index in [4.69, 9.17) is 4.74 Å². The van der Waals surface area contributed by atoms with Crippen LogP contribution >= 0.6 is 0 Å². The van der Waals surface area contributed by atoms with E-state index < -0.39 is 49.0 Å². The number of benzene rings is 1. The Balaban J connectivity index is 1.59. The Labute approximate surface area is 197 Å². The largest absolute Gasteiger partial charge is 0.456 e. The number of alkyl halides is 2. The number of imide groups is 1. The summed E-state index contributed by atoms with van der Waals surface area (Å²) in [5, 5.41) is 2.74. The van der Waals surface area contributed by atoms with Crippen molar-refractivity contribution in [3.8, 4) is 5.75 Å². The second-order valence-corrected chi connectivity index (χ2v) is 10.0. The summed E-state index contributed by atoms with van der Waals surface area (Å²) in [5.74, 6) is -2.08. The SMILES string of the molecule is Cc1ccc(OC(F)F)c(C(=O)COC(=O)CN2C(=O)NC3(CCC(C(C)(C)C)CC3)C2=O)c1. The van der Waals surface area contributed by atoms with Crippen LogP contribution in [-0.4, -0.2) is 53.9 Å². The molecular formula is C24H30F2N2O6. The van der Waals surface area contributed by atoms with E-state index in [0.717, 1.165) is 17.7 Å². The third-order valence-corrected chi connectivity index (χ3v) is 6.61. The predicted molar refractivity (Wildman–Crippen MR) is 117 cm³/mol. The first-order chi connectivity index (χ1) is 15.8. The molecule has 2 aliphatic rings. The van der Waals surface area contributed by atoms with Gasteiger partial charge in [-0.1, -0.05) is 32.4 Å². The second-order valence-electron chi connectivity index (χ2n) is 10.0. The Morgan fingerprint density at radius 2 is 1.85 bits per heavy atom. The average Bonchev–Trinajstić information content (AvgIpc) is 2.96. The molecule has 0 radical (unpaired) electrons. The van der Waals surface area contributed by atoms with Gasteiger partial charge in [-0.25, -0.2) is 4.79 Å². The Morgan fingerprint density at radius 3 is 2.44 bits per heavy atom. The fourth-order valence-corrected chi connectivity index (χ4v) is 4.59. The molecule has 3 amide bonds. The number of Topliss-reactive ketones (excluding diaryl/α,β-unsaturated/α-hetero) is 1. The van der Waals surface area contributed by atoms with Crippen LogP contribution in [0.5, 0.6) is 5.75 Å². The lowest BCUT2D eigenvalue weighted by Crippen LogP contribution is -2.50. The summed E-state index contributed by atoms with van der Waals surface area (Å²) in [7, 11) is 0. The minimum absolute atomic E-state index is 0.0980. The number of amides is 3. The van der Waals surface area contributed by atoms with Gasteiger partial charge in [-0.2, -0.15) is 8.78 Å². The van der Waals surface area contributed by atoms with E-state index in [0.29, 0.717) is 24.3 Å². The Hall–Kier alpha value is -3.04. The molecule has 8 nitrogen and oxygen atoms in total. The van der Waals surface area contributed by atoms with Crippen LogP contribution in [0, 0.1) is 18.3 Å². The minimum Gasteiger partial charge on any atom is -0.456 e. The summed E-state index contributed by atoms with van der Waals surface area (Å²) in [6.45, 7) is 3.59. The monoisotopic (exact) mass is 480 g/mol. The van der Waals surface area contributed by atoms with Crippen LogP contribution in [0.4, 0.5) is 13.6 Å². The van der Waals surface area contributed by atoms with E-state index in [1.165, 1.54) is 18.2 Å². The highest BCUT2D eigenvalue weighted by atomic mass is 19.3. The minimum atomic E-state index is -3.12. The number of ketones is 1. The number of nitrogens with zero attached hydrogens (tertiary/aromatic N) is 1. The van der Waals surface area contributed by atoms with Crippen LogP contribution < -0.4 is 10.1 Å². The fraction of sp³-hybridized carbons (Fsp3) is 0.583. The lowest BCUT2D eigenvalue weighted by Gasteiger charge is -2.40. The number of aryl methyl sites for hydroxylation is 1. The molecule has 0 aromatic heterocycles. The van der Waals surface area contributed by atoms with Gasteiger partial charge in [0.05, 0.1) is 5.56 Å². The lowest BCUT2D eigenvalue weighted by molar-refractivity contribution is -0.147. The van der Waals surface area contributed by atoms with Crippen LogP contribution in [0.2, 0.25) is 0 Å². The zero-order valence-electron chi connectivity index (χ0n) is 19.8. The number of hydrogen-bond donors (Lipinski definition) is 1. The summed E-state index contributed by atoms with van der Waals surface area (Å²) in [4.78, 5) is 51.0. The van der Waals surface area contributed by atoms with E-state index in [2.05, 4.69) is 30.8 Å². The number of ether oxygens (including phenoxy) is 2. The third-order valence-electron chi connectivity index (χ3n) is 6.61. The maximum atomic E-state index is 13.0. The first-order valence-electron chi connectivity index (χ1n) is 11.2. The van der Waals surface area contributed by atoms with Gasteiger partial charge in [-0.15, -0.1) is 0 Å². The molecule has 0 bridgehead atoms. The number of carbonyl (C=O) groups is 4. The van der Waals surface area contributed by atoms with Crippen LogP contribution in [0.15, 0.2) is 18.2 Å². The standard InChI is InChI=1S/C24H30F2N2O6/c1-14-5-6-18(34-21(25)26)16(11-14)17(29)13-33-19(30)12-28-20(31)24(27-22(28)32)9-7-15(8-10-24)23(2,3)4/h5-6,11,15,21H,7-10,12-13H2,1-4H3,(H,27,32). The van der Waals surface area contributed by atoms with Gasteiger partial charge in [0.25, 0.3) is 5.91 Å². The highest BCUT2D eigenvalue weighted by Gasteiger charge is 2.53. The van der Waals surface area contributed by atoms with E-state index in [-0.39, 0.29) is 16.7 Å². The smallest absolute Gasteiger partial charge is 0.387 e. The van der Waals surface area contributed by atoms with Gasteiger partial charge in [0.15, 0.2) is 6.61 Å². The van der Waals surface area contributed by atoms with Crippen molar-refractivity contribution in [2.45, 2.75) is 65.5 Å². The normalized spacial score (nSPS) is 22.8.